The van der Waals surface area contributed by atoms with E-state index in [1.807, 2.05) is 12.1 Å². The van der Waals surface area contributed by atoms with Gasteiger partial charge in [0, 0.05) is 6.04 Å². The van der Waals surface area contributed by atoms with Gasteiger partial charge in [-0.2, -0.15) is 0 Å². The number of hydrogen-bond acceptors (Lipinski definition) is 2. The first kappa shape index (κ1) is 13.3. The van der Waals surface area contributed by atoms with E-state index in [9.17, 15) is 8.78 Å². The lowest BCUT2D eigenvalue weighted by Crippen LogP contribution is -2.24. The van der Waals surface area contributed by atoms with Crippen molar-refractivity contribution < 1.29 is 13.5 Å². The Labute approximate surface area is 106 Å². The summed E-state index contributed by atoms with van der Waals surface area (Å²) in [6.07, 6.45) is 0.847. The minimum Gasteiger partial charge on any atom is -0.488 e. The lowest BCUT2D eigenvalue weighted by Gasteiger charge is -2.26. The summed E-state index contributed by atoms with van der Waals surface area (Å²) in [4.78, 5) is 0. The second kappa shape index (κ2) is 6.14. The van der Waals surface area contributed by atoms with Crippen molar-refractivity contribution >= 4 is 0 Å². The topological polar surface area (TPSA) is 21.3 Å². The zero-order chi connectivity index (χ0) is 13.0. The Kier molecular flexibility index (Phi) is 4.53. The standard InChI is InChI=1S/C14H19F2NO/c1-2-17-13-5-3-4-10-8-11(6-7-12(10)13)18-9-14(15)16/h6-8,13-14,17H,2-5,9H2,1H3. The number of fused-ring (bicyclic) bond motifs is 1. The zero-order valence-electron chi connectivity index (χ0n) is 10.6. The highest BCUT2D eigenvalue weighted by Gasteiger charge is 2.19. The highest BCUT2D eigenvalue weighted by molar-refractivity contribution is 5.39. The van der Waals surface area contributed by atoms with E-state index in [4.69, 9.17) is 4.74 Å². The van der Waals surface area contributed by atoms with Crippen molar-refractivity contribution in [1.29, 1.82) is 0 Å². The second-order valence-corrected chi connectivity index (χ2v) is 4.57. The number of rotatable bonds is 5. The molecule has 0 saturated carbocycles. The van der Waals surface area contributed by atoms with E-state index in [-0.39, 0.29) is 0 Å². The van der Waals surface area contributed by atoms with Crippen molar-refractivity contribution in [2.75, 3.05) is 13.2 Å². The number of nitrogens with one attached hydrogen (secondary N) is 1. The van der Waals surface area contributed by atoms with Crippen LogP contribution in [0.3, 0.4) is 0 Å². The molecule has 2 rings (SSSR count). The molecule has 0 spiro atoms. The summed E-state index contributed by atoms with van der Waals surface area (Å²) in [5, 5.41) is 3.45. The summed E-state index contributed by atoms with van der Waals surface area (Å²) in [5.74, 6) is 0.547. The molecule has 0 heterocycles. The Morgan fingerprint density at radius 3 is 3.00 bits per heavy atom. The first-order chi connectivity index (χ1) is 8.70. The van der Waals surface area contributed by atoms with Crippen LogP contribution in [0.1, 0.15) is 36.9 Å². The Hall–Kier alpha value is -1.16. The molecule has 1 N–H and O–H groups in total. The van der Waals surface area contributed by atoms with Crippen LogP contribution >= 0.6 is 0 Å². The number of hydrogen-bond donors (Lipinski definition) is 1. The molecule has 0 saturated heterocycles. The smallest absolute Gasteiger partial charge is 0.272 e. The Morgan fingerprint density at radius 2 is 2.28 bits per heavy atom. The number of benzene rings is 1. The lowest BCUT2D eigenvalue weighted by molar-refractivity contribution is 0.0818. The fourth-order valence-corrected chi connectivity index (χ4v) is 2.50. The number of ether oxygens (including phenoxy) is 1. The van der Waals surface area contributed by atoms with E-state index >= 15 is 0 Å². The lowest BCUT2D eigenvalue weighted by atomic mass is 9.87. The molecular weight excluding hydrogens is 236 g/mol. The van der Waals surface area contributed by atoms with E-state index in [1.54, 1.807) is 6.07 Å². The SMILES string of the molecule is CCNC1CCCc2cc(OCC(F)F)ccc21. The highest BCUT2D eigenvalue weighted by Crippen LogP contribution is 2.32. The van der Waals surface area contributed by atoms with Crippen LogP contribution < -0.4 is 10.1 Å². The molecule has 1 unspecified atom stereocenters. The molecule has 2 nitrogen and oxygen atoms in total. The van der Waals surface area contributed by atoms with Gasteiger partial charge < -0.3 is 10.1 Å². The van der Waals surface area contributed by atoms with Gasteiger partial charge in [0.2, 0.25) is 0 Å². The number of aryl methyl sites for hydroxylation is 1. The second-order valence-electron chi connectivity index (χ2n) is 4.57. The maximum Gasteiger partial charge on any atom is 0.272 e. The Balaban J connectivity index is 2.11. The summed E-state index contributed by atoms with van der Waals surface area (Å²) in [5.41, 5.74) is 2.51. The van der Waals surface area contributed by atoms with Crippen molar-refractivity contribution in [2.24, 2.45) is 0 Å². The summed E-state index contributed by atoms with van der Waals surface area (Å²) < 4.78 is 29.2. The molecule has 100 valence electrons. The normalized spacial score (nSPS) is 18.8. The van der Waals surface area contributed by atoms with Gasteiger partial charge in [-0.15, -0.1) is 0 Å². The van der Waals surface area contributed by atoms with Gasteiger partial charge in [0.1, 0.15) is 12.4 Å². The zero-order valence-corrected chi connectivity index (χ0v) is 10.6. The van der Waals surface area contributed by atoms with Gasteiger partial charge in [-0.05, 0) is 49.1 Å². The third-order valence-corrected chi connectivity index (χ3v) is 3.26. The average molecular weight is 255 g/mol. The van der Waals surface area contributed by atoms with Gasteiger partial charge in [0.15, 0.2) is 0 Å². The van der Waals surface area contributed by atoms with Crippen LogP contribution in [-0.4, -0.2) is 19.6 Å². The monoisotopic (exact) mass is 255 g/mol. The largest absolute Gasteiger partial charge is 0.488 e. The summed E-state index contributed by atoms with van der Waals surface area (Å²) in [6, 6.07) is 6.09. The molecular formula is C14H19F2NO. The van der Waals surface area contributed by atoms with Gasteiger partial charge in [-0.1, -0.05) is 13.0 Å². The van der Waals surface area contributed by atoms with Crippen molar-refractivity contribution in [1.82, 2.24) is 5.32 Å². The highest BCUT2D eigenvalue weighted by atomic mass is 19.3. The van der Waals surface area contributed by atoms with E-state index in [2.05, 4.69) is 12.2 Å². The van der Waals surface area contributed by atoms with Crippen molar-refractivity contribution in [3.05, 3.63) is 29.3 Å². The van der Waals surface area contributed by atoms with E-state index in [0.717, 1.165) is 25.8 Å². The van der Waals surface area contributed by atoms with Crippen molar-refractivity contribution in [3.63, 3.8) is 0 Å². The molecule has 1 aromatic rings. The maximum absolute atomic E-state index is 12.1. The van der Waals surface area contributed by atoms with Gasteiger partial charge in [-0.25, -0.2) is 8.78 Å². The van der Waals surface area contributed by atoms with Crippen LogP contribution in [0.2, 0.25) is 0 Å². The van der Waals surface area contributed by atoms with Crippen LogP contribution in [0.4, 0.5) is 8.78 Å². The number of alkyl halides is 2. The predicted molar refractivity (Wildman–Crippen MR) is 67.3 cm³/mol. The molecule has 0 aromatic heterocycles. The fourth-order valence-electron chi connectivity index (χ4n) is 2.50. The molecule has 0 radical (unpaired) electrons. The minimum absolute atomic E-state index is 0.392. The maximum atomic E-state index is 12.1. The molecule has 18 heavy (non-hydrogen) atoms. The molecule has 4 heteroatoms. The summed E-state index contributed by atoms with van der Waals surface area (Å²) in [6.45, 7) is 2.50. The van der Waals surface area contributed by atoms with Crippen LogP contribution in [0.25, 0.3) is 0 Å². The van der Waals surface area contributed by atoms with E-state index in [1.165, 1.54) is 11.1 Å². The van der Waals surface area contributed by atoms with Crippen LogP contribution in [-0.2, 0) is 6.42 Å². The third-order valence-electron chi connectivity index (χ3n) is 3.26. The minimum atomic E-state index is -2.42. The van der Waals surface area contributed by atoms with Gasteiger partial charge >= 0.3 is 0 Å². The average Bonchev–Trinajstić information content (AvgIpc) is 2.37. The van der Waals surface area contributed by atoms with Gasteiger partial charge in [0.05, 0.1) is 0 Å². The van der Waals surface area contributed by atoms with Crippen molar-refractivity contribution in [2.45, 2.75) is 38.7 Å². The number of halogens is 2. The quantitative estimate of drug-likeness (QED) is 0.871. The molecule has 0 amide bonds. The van der Waals surface area contributed by atoms with Gasteiger partial charge in [0.25, 0.3) is 6.43 Å². The van der Waals surface area contributed by atoms with Crippen LogP contribution in [0, 0.1) is 0 Å². The molecule has 0 bridgehead atoms. The third kappa shape index (κ3) is 3.19. The predicted octanol–water partition coefficient (Wildman–Crippen LogP) is 3.32. The molecule has 1 aliphatic rings. The van der Waals surface area contributed by atoms with Crippen LogP contribution in [0.5, 0.6) is 5.75 Å². The summed E-state index contributed by atoms with van der Waals surface area (Å²) >= 11 is 0. The first-order valence-corrected chi connectivity index (χ1v) is 6.48. The fraction of sp³-hybridized carbons (Fsp3) is 0.571. The Morgan fingerprint density at radius 1 is 1.44 bits per heavy atom. The molecule has 1 aromatic carbocycles. The Bertz CT molecular complexity index is 395. The molecule has 1 aliphatic carbocycles. The van der Waals surface area contributed by atoms with Crippen molar-refractivity contribution in [3.8, 4) is 5.75 Å². The summed E-state index contributed by atoms with van der Waals surface area (Å²) in [7, 11) is 0. The molecule has 0 fully saturated rings. The molecule has 1 atom stereocenters. The van der Waals surface area contributed by atoms with E-state index < -0.39 is 13.0 Å². The van der Waals surface area contributed by atoms with E-state index in [0.29, 0.717) is 11.8 Å². The van der Waals surface area contributed by atoms with Gasteiger partial charge in [-0.3, -0.25) is 0 Å². The van der Waals surface area contributed by atoms with Crippen LogP contribution in [0.15, 0.2) is 18.2 Å². The molecule has 0 aliphatic heterocycles. The first-order valence-electron chi connectivity index (χ1n) is 6.48.